The van der Waals surface area contributed by atoms with Crippen molar-refractivity contribution in [2.45, 2.75) is 66.2 Å². The number of allylic oxidation sites excluding steroid dienone is 4. The number of hydrogen-bond donors (Lipinski definition) is 0. The van der Waals surface area contributed by atoms with Crippen molar-refractivity contribution < 1.29 is 0 Å². The van der Waals surface area contributed by atoms with Crippen molar-refractivity contribution in [1.82, 2.24) is 0 Å². The molecule has 0 spiro atoms. The van der Waals surface area contributed by atoms with Crippen LogP contribution in [-0.2, 0) is 0 Å². The van der Waals surface area contributed by atoms with Gasteiger partial charge in [0.25, 0.3) is 0 Å². The SMILES string of the molecule is CCC1CCCC(C/C=C\[C@@H](C)CC)=CC1C. The summed E-state index contributed by atoms with van der Waals surface area (Å²) >= 11 is 0. The summed E-state index contributed by atoms with van der Waals surface area (Å²) < 4.78 is 0. The van der Waals surface area contributed by atoms with Crippen LogP contribution in [-0.4, -0.2) is 0 Å². The van der Waals surface area contributed by atoms with Crippen LogP contribution < -0.4 is 0 Å². The minimum Gasteiger partial charge on any atom is -0.0854 e. The summed E-state index contributed by atoms with van der Waals surface area (Å²) in [6, 6.07) is 0. The summed E-state index contributed by atoms with van der Waals surface area (Å²) in [6.45, 7) is 9.29. The van der Waals surface area contributed by atoms with E-state index in [0.29, 0.717) is 0 Å². The predicted octanol–water partition coefficient (Wildman–Crippen LogP) is 5.75. The Morgan fingerprint density at radius 1 is 1.41 bits per heavy atom. The maximum atomic E-state index is 2.56. The van der Waals surface area contributed by atoms with Gasteiger partial charge < -0.3 is 0 Å². The molecule has 1 rings (SSSR count). The molecule has 0 aromatic carbocycles. The zero-order valence-corrected chi connectivity index (χ0v) is 12.2. The van der Waals surface area contributed by atoms with E-state index in [4.69, 9.17) is 0 Å². The predicted molar refractivity (Wildman–Crippen MR) is 78.1 cm³/mol. The Morgan fingerprint density at radius 3 is 2.82 bits per heavy atom. The van der Waals surface area contributed by atoms with Crippen molar-refractivity contribution in [2.75, 3.05) is 0 Å². The molecule has 0 heteroatoms. The van der Waals surface area contributed by atoms with E-state index in [1.165, 1.54) is 38.5 Å². The van der Waals surface area contributed by atoms with E-state index in [-0.39, 0.29) is 0 Å². The molecule has 0 aliphatic heterocycles. The molecule has 0 heterocycles. The molecule has 1 aliphatic carbocycles. The van der Waals surface area contributed by atoms with E-state index in [0.717, 1.165) is 17.8 Å². The Hall–Kier alpha value is -0.520. The molecule has 0 N–H and O–H groups in total. The molecule has 1 aliphatic rings. The van der Waals surface area contributed by atoms with Gasteiger partial charge in [-0.05, 0) is 43.4 Å². The van der Waals surface area contributed by atoms with Gasteiger partial charge in [0.05, 0.1) is 0 Å². The molecule has 0 saturated heterocycles. The summed E-state index contributed by atoms with van der Waals surface area (Å²) in [6.07, 6.45) is 15.3. The Morgan fingerprint density at radius 2 is 2.18 bits per heavy atom. The first kappa shape index (κ1) is 14.5. The van der Waals surface area contributed by atoms with E-state index in [9.17, 15) is 0 Å². The van der Waals surface area contributed by atoms with Crippen LogP contribution in [0.25, 0.3) is 0 Å². The van der Waals surface area contributed by atoms with Crippen molar-refractivity contribution >= 4 is 0 Å². The maximum Gasteiger partial charge on any atom is -0.0139 e. The lowest BCUT2D eigenvalue weighted by atomic mass is 9.89. The highest BCUT2D eigenvalue weighted by molar-refractivity contribution is 5.11. The van der Waals surface area contributed by atoms with E-state index in [1.54, 1.807) is 5.57 Å². The van der Waals surface area contributed by atoms with Gasteiger partial charge >= 0.3 is 0 Å². The number of hydrogen-bond acceptors (Lipinski definition) is 0. The van der Waals surface area contributed by atoms with Crippen molar-refractivity contribution in [2.24, 2.45) is 17.8 Å². The van der Waals surface area contributed by atoms with Crippen LogP contribution in [0.2, 0.25) is 0 Å². The van der Waals surface area contributed by atoms with E-state index in [2.05, 4.69) is 45.9 Å². The second kappa shape index (κ2) is 7.74. The van der Waals surface area contributed by atoms with Gasteiger partial charge in [0.1, 0.15) is 0 Å². The largest absolute Gasteiger partial charge is 0.0854 e. The van der Waals surface area contributed by atoms with Crippen molar-refractivity contribution in [3.63, 3.8) is 0 Å². The zero-order valence-electron chi connectivity index (χ0n) is 12.2. The van der Waals surface area contributed by atoms with Crippen molar-refractivity contribution in [1.29, 1.82) is 0 Å². The van der Waals surface area contributed by atoms with E-state index in [1.807, 2.05) is 0 Å². The molecule has 2 unspecified atom stereocenters. The zero-order chi connectivity index (χ0) is 12.7. The monoisotopic (exact) mass is 234 g/mol. The standard InChI is InChI=1S/C17H30/c1-5-14(3)9-7-10-16-11-8-12-17(6-2)15(4)13-16/h7,9,13-15,17H,5-6,8,10-12H2,1-4H3/b9-7-/t14-,15?,17?/m0/s1. The average Bonchev–Trinajstić information content (AvgIpc) is 2.50. The van der Waals surface area contributed by atoms with Crippen LogP contribution in [0, 0.1) is 17.8 Å². The molecular formula is C17H30. The maximum absolute atomic E-state index is 2.56. The normalized spacial score (nSPS) is 27.9. The lowest BCUT2D eigenvalue weighted by molar-refractivity contribution is 0.380. The third kappa shape index (κ3) is 5.10. The van der Waals surface area contributed by atoms with Gasteiger partial charge in [-0.3, -0.25) is 0 Å². The molecule has 17 heavy (non-hydrogen) atoms. The summed E-state index contributed by atoms with van der Waals surface area (Å²) in [5, 5.41) is 0. The van der Waals surface area contributed by atoms with Gasteiger partial charge in [-0.2, -0.15) is 0 Å². The smallest absolute Gasteiger partial charge is 0.0139 e. The summed E-state index contributed by atoms with van der Waals surface area (Å²) in [4.78, 5) is 0. The van der Waals surface area contributed by atoms with Crippen LogP contribution in [0.4, 0.5) is 0 Å². The molecule has 0 aromatic rings. The van der Waals surface area contributed by atoms with Gasteiger partial charge in [0.2, 0.25) is 0 Å². The van der Waals surface area contributed by atoms with E-state index >= 15 is 0 Å². The summed E-state index contributed by atoms with van der Waals surface area (Å²) in [5.41, 5.74) is 1.67. The fraction of sp³-hybridized carbons (Fsp3) is 0.765. The quantitative estimate of drug-likeness (QED) is 0.531. The Kier molecular flexibility index (Phi) is 6.62. The highest BCUT2D eigenvalue weighted by atomic mass is 14.2. The minimum atomic E-state index is 0.738. The molecule has 0 aromatic heterocycles. The van der Waals surface area contributed by atoms with Gasteiger partial charge in [0.15, 0.2) is 0 Å². The van der Waals surface area contributed by atoms with Gasteiger partial charge in [-0.1, -0.05) is 64.3 Å². The van der Waals surface area contributed by atoms with Crippen LogP contribution in [0.15, 0.2) is 23.8 Å². The lowest BCUT2D eigenvalue weighted by Crippen LogP contribution is -2.06. The second-order valence-electron chi connectivity index (χ2n) is 5.76. The fourth-order valence-electron chi connectivity index (χ4n) is 2.78. The fourth-order valence-corrected chi connectivity index (χ4v) is 2.78. The second-order valence-corrected chi connectivity index (χ2v) is 5.76. The third-order valence-corrected chi connectivity index (χ3v) is 4.33. The number of rotatable bonds is 5. The minimum absolute atomic E-state index is 0.738. The first-order valence-electron chi connectivity index (χ1n) is 7.53. The molecule has 3 atom stereocenters. The third-order valence-electron chi connectivity index (χ3n) is 4.33. The van der Waals surface area contributed by atoms with Crippen LogP contribution in [0.5, 0.6) is 0 Å². The van der Waals surface area contributed by atoms with Gasteiger partial charge in [-0.25, -0.2) is 0 Å². The molecule has 0 radical (unpaired) electrons. The van der Waals surface area contributed by atoms with Crippen molar-refractivity contribution in [3.8, 4) is 0 Å². The average molecular weight is 234 g/mol. The van der Waals surface area contributed by atoms with Gasteiger partial charge in [0, 0.05) is 0 Å². The summed E-state index contributed by atoms with van der Waals surface area (Å²) in [5.74, 6) is 2.45. The van der Waals surface area contributed by atoms with E-state index < -0.39 is 0 Å². The summed E-state index contributed by atoms with van der Waals surface area (Å²) in [7, 11) is 0. The van der Waals surface area contributed by atoms with Crippen molar-refractivity contribution in [3.05, 3.63) is 23.8 Å². The first-order valence-corrected chi connectivity index (χ1v) is 7.53. The molecular weight excluding hydrogens is 204 g/mol. The molecule has 0 nitrogen and oxygen atoms in total. The first-order chi connectivity index (χ1) is 8.17. The molecule has 0 amide bonds. The Labute approximate surface area is 108 Å². The molecule has 0 saturated carbocycles. The van der Waals surface area contributed by atoms with Crippen LogP contribution in [0.3, 0.4) is 0 Å². The van der Waals surface area contributed by atoms with Crippen LogP contribution in [0.1, 0.15) is 66.2 Å². The molecule has 0 fully saturated rings. The van der Waals surface area contributed by atoms with Crippen LogP contribution >= 0.6 is 0 Å². The topological polar surface area (TPSA) is 0 Å². The highest BCUT2D eigenvalue weighted by Gasteiger charge is 2.17. The van der Waals surface area contributed by atoms with Gasteiger partial charge in [-0.15, -0.1) is 0 Å². The molecule has 98 valence electrons. The molecule has 0 bridgehead atoms. The Balaban J connectivity index is 2.50. The lowest BCUT2D eigenvalue weighted by Gasteiger charge is -2.17. The highest BCUT2D eigenvalue weighted by Crippen LogP contribution is 2.30. The Bertz CT molecular complexity index is 259.